The van der Waals surface area contributed by atoms with Crippen LogP contribution < -0.4 is 0 Å². The molecule has 0 bridgehead atoms. The van der Waals surface area contributed by atoms with Crippen molar-refractivity contribution in [3.63, 3.8) is 0 Å². The second-order valence-electron chi connectivity index (χ2n) is 9.55. The first-order chi connectivity index (χ1) is 8.24. The van der Waals surface area contributed by atoms with E-state index < -0.39 is 0 Å². The lowest BCUT2D eigenvalue weighted by Crippen LogP contribution is -2.36. The second-order valence-corrected chi connectivity index (χ2v) is 9.55. The van der Waals surface area contributed by atoms with E-state index in [2.05, 4.69) is 69.2 Å². The Bertz CT molecular complexity index is 230. The molecule has 0 aliphatic carbocycles. The monoisotopic (exact) mass is 270 g/mol. The third-order valence-electron chi connectivity index (χ3n) is 3.37. The van der Waals surface area contributed by atoms with Gasteiger partial charge in [0.15, 0.2) is 0 Å². The summed E-state index contributed by atoms with van der Waals surface area (Å²) in [5.74, 6) is 0. The lowest BCUT2D eigenvalue weighted by atomic mass is 9.81. The molecule has 0 heterocycles. The molecule has 0 radical (unpaired) electrons. The van der Waals surface area contributed by atoms with Crippen molar-refractivity contribution >= 4 is 0 Å². The van der Waals surface area contributed by atoms with Crippen LogP contribution in [0.2, 0.25) is 0 Å². The molecule has 116 valence electrons. The minimum Gasteiger partial charge on any atom is -0.374 e. The standard InChI is InChI=1S/C18H38O/c1-11-15(18(8,9)10)19-14(12-16(2,3)4)13-17(5,6)7/h14-15H,11-13H2,1-10H3/t15-/m1/s1. The van der Waals surface area contributed by atoms with Crippen LogP contribution in [-0.2, 0) is 4.74 Å². The molecule has 19 heavy (non-hydrogen) atoms. The molecule has 0 saturated carbocycles. The zero-order valence-corrected chi connectivity index (χ0v) is 15.2. The van der Waals surface area contributed by atoms with Gasteiger partial charge in [0.1, 0.15) is 0 Å². The topological polar surface area (TPSA) is 9.23 Å². The Morgan fingerprint density at radius 3 is 1.32 bits per heavy atom. The minimum absolute atomic E-state index is 0.225. The van der Waals surface area contributed by atoms with Gasteiger partial charge in [-0.3, -0.25) is 0 Å². The fraction of sp³-hybridized carbons (Fsp3) is 1.00. The van der Waals surface area contributed by atoms with E-state index in [1.807, 2.05) is 0 Å². The lowest BCUT2D eigenvalue weighted by molar-refractivity contribution is -0.0925. The maximum absolute atomic E-state index is 6.52. The second kappa shape index (κ2) is 6.61. The molecule has 0 unspecified atom stereocenters. The van der Waals surface area contributed by atoms with Gasteiger partial charge in [0.25, 0.3) is 0 Å². The fourth-order valence-corrected chi connectivity index (χ4v) is 2.68. The molecule has 1 heteroatoms. The van der Waals surface area contributed by atoms with Gasteiger partial charge < -0.3 is 4.74 Å². The van der Waals surface area contributed by atoms with Crippen LogP contribution in [0.15, 0.2) is 0 Å². The van der Waals surface area contributed by atoms with Crippen LogP contribution in [0.25, 0.3) is 0 Å². The van der Waals surface area contributed by atoms with Crippen LogP contribution in [0.1, 0.15) is 88.5 Å². The van der Waals surface area contributed by atoms with Crippen molar-refractivity contribution in [1.82, 2.24) is 0 Å². The van der Waals surface area contributed by atoms with Crippen LogP contribution in [0, 0.1) is 16.2 Å². The average Bonchev–Trinajstić information content (AvgIpc) is 2.06. The van der Waals surface area contributed by atoms with Gasteiger partial charge in [0, 0.05) is 0 Å². The summed E-state index contributed by atoms with van der Waals surface area (Å²) < 4.78 is 6.52. The largest absolute Gasteiger partial charge is 0.374 e. The first kappa shape index (κ1) is 19.0. The van der Waals surface area contributed by atoms with Gasteiger partial charge in [-0.25, -0.2) is 0 Å². The zero-order chi connectivity index (χ0) is 15.5. The van der Waals surface area contributed by atoms with E-state index in [0.717, 1.165) is 19.3 Å². The molecule has 0 N–H and O–H groups in total. The molecule has 0 aromatic carbocycles. The van der Waals surface area contributed by atoms with Crippen molar-refractivity contribution in [3.8, 4) is 0 Å². The van der Waals surface area contributed by atoms with E-state index in [1.165, 1.54) is 0 Å². The Hall–Kier alpha value is -0.0400. The van der Waals surface area contributed by atoms with Crippen molar-refractivity contribution in [2.75, 3.05) is 0 Å². The molecule has 0 amide bonds. The Morgan fingerprint density at radius 2 is 1.11 bits per heavy atom. The SMILES string of the molecule is CC[C@@H](OC(CC(C)(C)C)CC(C)(C)C)C(C)(C)C. The molecule has 0 rings (SSSR count). The quantitative estimate of drug-likeness (QED) is 0.589. The summed E-state index contributed by atoms with van der Waals surface area (Å²) in [6, 6.07) is 0. The van der Waals surface area contributed by atoms with Gasteiger partial charge in [-0.1, -0.05) is 69.2 Å². The predicted octanol–water partition coefficient (Wildman–Crippen LogP) is 6.07. The zero-order valence-electron chi connectivity index (χ0n) is 15.2. The molecular formula is C18H38O. The van der Waals surface area contributed by atoms with Gasteiger partial charge in [-0.15, -0.1) is 0 Å². The fourth-order valence-electron chi connectivity index (χ4n) is 2.68. The molecule has 0 aliphatic rings. The molecule has 1 atom stereocenters. The van der Waals surface area contributed by atoms with E-state index in [4.69, 9.17) is 4.74 Å². The smallest absolute Gasteiger partial charge is 0.0624 e. The van der Waals surface area contributed by atoms with E-state index in [-0.39, 0.29) is 5.41 Å². The summed E-state index contributed by atoms with van der Waals surface area (Å²) in [5, 5.41) is 0. The summed E-state index contributed by atoms with van der Waals surface area (Å²) in [7, 11) is 0. The molecule has 1 nitrogen and oxygen atoms in total. The van der Waals surface area contributed by atoms with Crippen LogP contribution in [0.5, 0.6) is 0 Å². The number of hydrogen-bond donors (Lipinski definition) is 0. The molecular weight excluding hydrogens is 232 g/mol. The average molecular weight is 271 g/mol. The highest BCUT2D eigenvalue weighted by molar-refractivity contribution is 4.80. The Kier molecular flexibility index (Phi) is 6.59. The van der Waals surface area contributed by atoms with Crippen molar-refractivity contribution < 1.29 is 4.74 Å². The summed E-state index contributed by atoms with van der Waals surface area (Å²) in [4.78, 5) is 0. The van der Waals surface area contributed by atoms with Crippen molar-refractivity contribution in [2.24, 2.45) is 16.2 Å². The van der Waals surface area contributed by atoms with Crippen LogP contribution in [0.3, 0.4) is 0 Å². The van der Waals surface area contributed by atoms with Gasteiger partial charge in [-0.2, -0.15) is 0 Å². The summed E-state index contributed by atoms with van der Waals surface area (Å²) >= 11 is 0. The maximum atomic E-state index is 6.52. The highest BCUT2D eigenvalue weighted by atomic mass is 16.5. The Balaban J connectivity index is 4.84. The van der Waals surface area contributed by atoms with Crippen LogP contribution in [-0.4, -0.2) is 12.2 Å². The minimum atomic E-state index is 0.225. The molecule has 0 aromatic heterocycles. The molecule has 0 saturated heterocycles. The van der Waals surface area contributed by atoms with Crippen LogP contribution >= 0.6 is 0 Å². The molecule has 0 spiro atoms. The number of hydrogen-bond acceptors (Lipinski definition) is 1. The summed E-state index contributed by atoms with van der Waals surface area (Å²) in [5.41, 5.74) is 0.876. The van der Waals surface area contributed by atoms with Gasteiger partial charge in [-0.05, 0) is 35.5 Å². The third kappa shape index (κ3) is 9.49. The maximum Gasteiger partial charge on any atom is 0.0624 e. The van der Waals surface area contributed by atoms with Gasteiger partial charge >= 0.3 is 0 Å². The third-order valence-corrected chi connectivity index (χ3v) is 3.37. The number of ether oxygens (including phenoxy) is 1. The first-order valence-electron chi connectivity index (χ1n) is 7.90. The van der Waals surface area contributed by atoms with Gasteiger partial charge in [0.2, 0.25) is 0 Å². The van der Waals surface area contributed by atoms with Crippen molar-refractivity contribution in [1.29, 1.82) is 0 Å². The Labute approximate surface area is 122 Å². The van der Waals surface area contributed by atoms with E-state index >= 15 is 0 Å². The normalized spacial score (nSPS) is 15.9. The van der Waals surface area contributed by atoms with E-state index in [0.29, 0.717) is 23.0 Å². The number of rotatable bonds is 5. The summed E-state index contributed by atoms with van der Waals surface area (Å²) in [6.45, 7) is 22.9. The molecule has 0 fully saturated rings. The predicted molar refractivity (Wildman–Crippen MR) is 86.6 cm³/mol. The van der Waals surface area contributed by atoms with Crippen LogP contribution in [0.4, 0.5) is 0 Å². The summed E-state index contributed by atoms with van der Waals surface area (Å²) in [6.07, 6.45) is 4.08. The highest BCUT2D eigenvalue weighted by Crippen LogP contribution is 2.34. The van der Waals surface area contributed by atoms with Crippen molar-refractivity contribution in [3.05, 3.63) is 0 Å². The lowest BCUT2D eigenvalue weighted by Gasteiger charge is -2.38. The van der Waals surface area contributed by atoms with Gasteiger partial charge in [0.05, 0.1) is 12.2 Å². The molecule has 0 aliphatic heterocycles. The highest BCUT2D eigenvalue weighted by Gasteiger charge is 2.31. The Morgan fingerprint density at radius 1 is 0.737 bits per heavy atom. The molecule has 0 aromatic rings. The first-order valence-corrected chi connectivity index (χ1v) is 7.90. The van der Waals surface area contributed by atoms with E-state index in [1.54, 1.807) is 0 Å². The van der Waals surface area contributed by atoms with Crippen molar-refractivity contribution in [2.45, 2.75) is 101 Å². The van der Waals surface area contributed by atoms with E-state index in [9.17, 15) is 0 Å².